The summed E-state index contributed by atoms with van der Waals surface area (Å²) in [7, 11) is 0. The number of hydrogen-bond donors (Lipinski definition) is 2. The number of nitrogens with two attached hydrogens (primary N) is 1. The van der Waals surface area contributed by atoms with Crippen molar-refractivity contribution in [1.82, 2.24) is 4.98 Å². The number of amides is 1. The van der Waals surface area contributed by atoms with Gasteiger partial charge >= 0.3 is 0 Å². The molecule has 0 spiro atoms. The Morgan fingerprint density at radius 1 is 1.00 bits per heavy atom. The van der Waals surface area contributed by atoms with Crippen molar-refractivity contribution in [2.45, 2.75) is 0 Å². The molecule has 0 saturated carbocycles. The van der Waals surface area contributed by atoms with E-state index >= 15 is 0 Å². The number of fused-ring (bicyclic) bond motifs is 2. The van der Waals surface area contributed by atoms with Gasteiger partial charge in [0.05, 0.1) is 17.1 Å². The first kappa shape index (κ1) is 14.1. The van der Waals surface area contributed by atoms with E-state index in [1.54, 1.807) is 6.20 Å². The Labute approximate surface area is 137 Å². The van der Waals surface area contributed by atoms with Gasteiger partial charge in [0.25, 0.3) is 11.5 Å². The van der Waals surface area contributed by atoms with Crippen molar-refractivity contribution in [2.75, 3.05) is 4.90 Å². The maximum absolute atomic E-state index is 11.8. The number of hydrogen-bond acceptors (Lipinski definition) is 4. The van der Waals surface area contributed by atoms with Crippen molar-refractivity contribution in [2.24, 2.45) is 5.73 Å². The Morgan fingerprint density at radius 2 is 1.58 bits per heavy atom. The molecule has 1 amide bonds. The zero-order valence-electron chi connectivity index (χ0n) is 12.5. The molecule has 0 fully saturated rings. The summed E-state index contributed by atoms with van der Waals surface area (Å²) in [4.78, 5) is 27.8. The van der Waals surface area contributed by atoms with E-state index in [0.717, 1.165) is 11.4 Å². The highest BCUT2D eigenvalue weighted by molar-refractivity contribution is 5.94. The van der Waals surface area contributed by atoms with Crippen LogP contribution in [0.25, 0.3) is 0 Å². The maximum atomic E-state index is 11.8. The second-order valence-electron chi connectivity index (χ2n) is 5.34. The summed E-state index contributed by atoms with van der Waals surface area (Å²) in [6, 6.07) is 16.6. The fraction of sp³-hybridized carbons (Fsp3) is 0. The molecule has 24 heavy (non-hydrogen) atoms. The molecule has 0 radical (unpaired) electrons. The van der Waals surface area contributed by atoms with E-state index in [9.17, 15) is 9.59 Å². The minimum absolute atomic E-state index is 0.0889. The van der Waals surface area contributed by atoms with Crippen LogP contribution in [-0.2, 0) is 0 Å². The Bertz CT molecular complexity index is 965. The second-order valence-corrected chi connectivity index (χ2v) is 5.34. The van der Waals surface area contributed by atoms with E-state index in [4.69, 9.17) is 10.5 Å². The summed E-state index contributed by atoms with van der Waals surface area (Å²) < 4.78 is 5.93. The van der Waals surface area contributed by atoms with Crippen molar-refractivity contribution < 1.29 is 9.53 Å². The van der Waals surface area contributed by atoms with Gasteiger partial charge in [-0.2, -0.15) is 0 Å². The molecule has 1 aromatic heterocycles. The predicted octanol–water partition coefficient (Wildman–Crippen LogP) is 3.05. The maximum Gasteiger partial charge on any atom is 0.260 e. The first-order chi connectivity index (χ1) is 11.6. The number of aromatic amines is 1. The van der Waals surface area contributed by atoms with E-state index < -0.39 is 11.5 Å². The van der Waals surface area contributed by atoms with Crippen molar-refractivity contribution in [3.05, 3.63) is 76.7 Å². The molecule has 0 atom stereocenters. The lowest BCUT2D eigenvalue weighted by Gasteiger charge is -2.32. The lowest BCUT2D eigenvalue weighted by Crippen LogP contribution is -2.25. The number of carbonyl (C=O) groups is 1. The average molecular weight is 319 g/mol. The first-order valence-electron chi connectivity index (χ1n) is 7.34. The van der Waals surface area contributed by atoms with Crippen LogP contribution in [0.1, 0.15) is 10.4 Å². The van der Waals surface area contributed by atoms with Gasteiger partial charge in [-0.3, -0.25) is 9.59 Å². The van der Waals surface area contributed by atoms with Crippen LogP contribution < -0.4 is 20.9 Å². The second kappa shape index (κ2) is 5.27. The molecule has 6 heteroatoms. The van der Waals surface area contributed by atoms with E-state index in [1.165, 1.54) is 6.07 Å². The monoisotopic (exact) mass is 319 g/mol. The lowest BCUT2D eigenvalue weighted by atomic mass is 10.1. The molecule has 2 aromatic carbocycles. The van der Waals surface area contributed by atoms with E-state index in [-0.39, 0.29) is 5.56 Å². The molecule has 4 rings (SSSR count). The van der Waals surface area contributed by atoms with Crippen LogP contribution in [0, 0.1) is 0 Å². The number of nitrogens with one attached hydrogen (secondary N) is 1. The standard InChI is InChI=1S/C18H13N3O3/c19-17(22)12-9-11(10-20-18(12)23)21-13-5-1-3-7-15(13)24-16-8-4-2-6-14(16)21/h1-10H,(H2,19,22)(H,20,23). The number of ether oxygens (including phenoxy) is 1. The quantitative estimate of drug-likeness (QED) is 0.594. The van der Waals surface area contributed by atoms with Crippen LogP contribution in [0.3, 0.4) is 0 Å². The van der Waals surface area contributed by atoms with Gasteiger partial charge in [-0.05, 0) is 30.3 Å². The van der Waals surface area contributed by atoms with Crippen LogP contribution in [-0.4, -0.2) is 10.9 Å². The van der Waals surface area contributed by atoms with Crippen LogP contribution in [0.5, 0.6) is 11.5 Å². The van der Waals surface area contributed by atoms with Crippen LogP contribution in [0.15, 0.2) is 65.6 Å². The van der Waals surface area contributed by atoms with Crippen molar-refractivity contribution in [1.29, 1.82) is 0 Å². The summed E-state index contributed by atoms with van der Waals surface area (Å²) in [6.45, 7) is 0. The molecular weight excluding hydrogens is 306 g/mol. The summed E-state index contributed by atoms with van der Waals surface area (Å²) in [5, 5.41) is 0. The molecule has 3 N–H and O–H groups in total. The lowest BCUT2D eigenvalue weighted by molar-refractivity contribution is 0.0999. The summed E-state index contributed by atoms with van der Waals surface area (Å²) in [5.74, 6) is 0.596. The molecule has 0 bridgehead atoms. The number of pyridine rings is 1. The number of H-pyrrole nitrogens is 1. The molecule has 3 aromatic rings. The minimum atomic E-state index is -0.770. The highest BCUT2D eigenvalue weighted by Crippen LogP contribution is 2.49. The third-order valence-corrected chi connectivity index (χ3v) is 3.84. The topological polar surface area (TPSA) is 88.4 Å². The fourth-order valence-electron chi connectivity index (χ4n) is 2.77. The molecular formula is C18H13N3O3. The Morgan fingerprint density at radius 3 is 2.17 bits per heavy atom. The van der Waals surface area contributed by atoms with Crippen LogP contribution >= 0.6 is 0 Å². The third-order valence-electron chi connectivity index (χ3n) is 3.84. The molecule has 0 aliphatic carbocycles. The first-order valence-corrected chi connectivity index (χ1v) is 7.34. The smallest absolute Gasteiger partial charge is 0.260 e. The number of carbonyl (C=O) groups excluding carboxylic acids is 1. The van der Waals surface area contributed by atoms with Crippen LogP contribution in [0.4, 0.5) is 17.1 Å². The van der Waals surface area contributed by atoms with Crippen molar-refractivity contribution >= 4 is 23.0 Å². The van der Waals surface area contributed by atoms with Gasteiger partial charge in [0.2, 0.25) is 0 Å². The molecule has 2 heterocycles. The summed E-state index contributed by atoms with van der Waals surface area (Å²) in [6.07, 6.45) is 1.55. The molecule has 6 nitrogen and oxygen atoms in total. The number of benzene rings is 2. The number of primary amides is 1. The normalized spacial score (nSPS) is 12.1. The van der Waals surface area contributed by atoms with Gasteiger partial charge < -0.3 is 20.4 Å². The highest BCUT2D eigenvalue weighted by atomic mass is 16.5. The Kier molecular flexibility index (Phi) is 3.09. The van der Waals surface area contributed by atoms with Gasteiger partial charge in [0.1, 0.15) is 5.56 Å². The number of anilines is 3. The molecule has 0 saturated heterocycles. The van der Waals surface area contributed by atoms with E-state index in [1.807, 2.05) is 53.4 Å². The zero-order chi connectivity index (χ0) is 16.7. The third kappa shape index (κ3) is 2.13. The summed E-state index contributed by atoms with van der Waals surface area (Å²) >= 11 is 0. The van der Waals surface area contributed by atoms with E-state index in [2.05, 4.69) is 4.98 Å². The SMILES string of the molecule is NC(=O)c1cc(N2c3ccccc3Oc3ccccc32)c[nH]c1=O. The van der Waals surface area contributed by atoms with Gasteiger partial charge in [-0.1, -0.05) is 24.3 Å². The molecule has 118 valence electrons. The molecule has 1 aliphatic rings. The highest BCUT2D eigenvalue weighted by Gasteiger charge is 2.26. The number of rotatable bonds is 2. The average Bonchev–Trinajstić information content (AvgIpc) is 2.60. The predicted molar refractivity (Wildman–Crippen MR) is 90.3 cm³/mol. The van der Waals surface area contributed by atoms with Gasteiger partial charge in [-0.15, -0.1) is 0 Å². The minimum Gasteiger partial charge on any atom is -0.453 e. The zero-order valence-corrected chi connectivity index (χ0v) is 12.5. The summed E-state index contributed by atoms with van der Waals surface area (Å²) in [5.41, 5.74) is 6.92. The molecule has 0 unspecified atom stereocenters. The van der Waals surface area contributed by atoms with Crippen molar-refractivity contribution in [3.8, 4) is 11.5 Å². The number of para-hydroxylation sites is 4. The Hall–Kier alpha value is -3.54. The largest absolute Gasteiger partial charge is 0.453 e. The fourth-order valence-corrected chi connectivity index (χ4v) is 2.77. The van der Waals surface area contributed by atoms with Crippen LogP contribution in [0.2, 0.25) is 0 Å². The number of nitrogens with zero attached hydrogens (tertiary/aromatic N) is 1. The van der Waals surface area contributed by atoms with Crippen molar-refractivity contribution in [3.63, 3.8) is 0 Å². The van der Waals surface area contributed by atoms with E-state index in [0.29, 0.717) is 17.2 Å². The van der Waals surface area contributed by atoms with Gasteiger partial charge in [-0.25, -0.2) is 0 Å². The van der Waals surface area contributed by atoms with Gasteiger partial charge in [0, 0.05) is 6.20 Å². The Balaban J connectivity index is 1.97. The molecule has 1 aliphatic heterocycles. The number of aromatic nitrogens is 1. The van der Waals surface area contributed by atoms with Gasteiger partial charge in [0.15, 0.2) is 11.5 Å².